The molecule has 0 saturated heterocycles. The average molecular weight is 364 g/mol. The standard InChI is InChI=1S/C17H26ClNO3.ClH/c1-5-13(6-2)16(12(4)21-17(20)11(3)19)22-15-10-8-7-9-14(15)18;/h7-13,16H,5-6,19H2,1-4H3;1H/t11-,12-,16-;/m0./s1. The molecule has 4 nitrogen and oxygen atoms in total. The van der Waals surface area contributed by atoms with Crippen molar-refractivity contribution in [1.82, 2.24) is 0 Å². The van der Waals surface area contributed by atoms with Crippen molar-refractivity contribution in [3.63, 3.8) is 0 Å². The van der Waals surface area contributed by atoms with Crippen LogP contribution in [0.25, 0.3) is 0 Å². The molecule has 0 aliphatic heterocycles. The third-order valence-electron chi connectivity index (χ3n) is 3.75. The zero-order valence-corrected chi connectivity index (χ0v) is 15.7. The Morgan fingerprint density at radius 1 is 1.22 bits per heavy atom. The van der Waals surface area contributed by atoms with Crippen LogP contribution in [0.5, 0.6) is 5.75 Å². The number of carbonyl (C=O) groups excluding carboxylic acids is 1. The molecule has 0 saturated carbocycles. The summed E-state index contributed by atoms with van der Waals surface area (Å²) < 4.78 is 11.5. The van der Waals surface area contributed by atoms with Crippen LogP contribution in [-0.4, -0.2) is 24.2 Å². The lowest BCUT2D eigenvalue weighted by molar-refractivity contribution is -0.155. The van der Waals surface area contributed by atoms with Gasteiger partial charge < -0.3 is 15.2 Å². The molecule has 1 aromatic carbocycles. The maximum absolute atomic E-state index is 11.7. The Hall–Kier alpha value is -0.970. The Morgan fingerprint density at radius 2 is 1.78 bits per heavy atom. The van der Waals surface area contributed by atoms with E-state index in [1.54, 1.807) is 13.0 Å². The number of nitrogens with two attached hydrogens (primary N) is 1. The summed E-state index contributed by atoms with van der Waals surface area (Å²) in [6.07, 6.45) is 1.18. The first-order valence-corrected chi connectivity index (χ1v) is 8.15. The van der Waals surface area contributed by atoms with Crippen molar-refractivity contribution >= 4 is 30.0 Å². The van der Waals surface area contributed by atoms with Crippen LogP contribution in [-0.2, 0) is 9.53 Å². The molecule has 1 rings (SSSR count). The van der Waals surface area contributed by atoms with E-state index in [0.717, 1.165) is 12.8 Å². The minimum absolute atomic E-state index is 0. The van der Waals surface area contributed by atoms with Gasteiger partial charge in [0.15, 0.2) is 0 Å². The first-order valence-electron chi connectivity index (χ1n) is 7.77. The third-order valence-corrected chi connectivity index (χ3v) is 4.06. The highest BCUT2D eigenvalue weighted by atomic mass is 35.5. The third kappa shape index (κ3) is 6.58. The van der Waals surface area contributed by atoms with Gasteiger partial charge in [-0.15, -0.1) is 12.4 Å². The zero-order valence-electron chi connectivity index (χ0n) is 14.1. The molecular formula is C17H27Cl2NO3. The first-order chi connectivity index (χ1) is 10.4. The van der Waals surface area contributed by atoms with E-state index in [9.17, 15) is 4.79 Å². The van der Waals surface area contributed by atoms with Crippen LogP contribution >= 0.6 is 24.0 Å². The quantitative estimate of drug-likeness (QED) is 0.702. The lowest BCUT2D eigenvalue weighted by Crippen LogP contribution is -2.42. The predicted molar refractivity (Wildman–Crippen MR) is 96.4 cm³/mol. The second-order valence-corrected chi connectivity index (χ2v) is 5.93. The maximum atomic E-state index is 11.7. The van der Waals surface area contributed by atoms with Crippen molar-refractivity contribution in [2.24, 2.45) is 11.7 Å². The van der Waals surface area contributed by atoms with Gasteiger partial charge in [0.1, 0.15) is 24.0 Å². The second-order valence-electron chi connectivity index (χ2n) is 5.52. The van der Waals surface area contributed by atoms with Gasteiger partial charge in [-0.25, -0.2) is 0 Å². The highest BCUT2D eigenvalue weighted by molar-refractivity contribution is 6.32. The second kappa shape index (κ2) is 10.7. The van der Waals surface area contributed by atoms with Gasteiger partial charge in [0.05, 0.1) is 5.02 Å². The summed E-state index contributed by atoms with van der Waals surface area (Å²) in [6.45, 7) is 7.63. The van der Waals surface area contributed by atoms with Crippen molar-refractivity contribution in [3.05, 3.63) is 29.3 Å². The van der Waals surface area contributed by atoms with Crippen molar-refractivity contribution in [2.45, 2.75) is 58.8 Å². The predicted octanol–water partition coefficient (Wildman–Crippen LogP) is 4.22. The van der Waals surface area contributed by atoms with E-state index in [4.69, 9.17) is 26.8 Å². The Bertz CT molecular complexity index is 479. The Labute approximate surface area is 150 Å². The molecule has 3 atom stereocenters. The molecule has 0 fully saturated rings. The zero-order chi connectivity index (χ0) is 16.7. The molecular weight excluding hydrogens is 337 g/mol. The smallest absolute Gasteiger partial charge is 0.323 e. The number of ether oxygens (including phenoxy) is 2. The van der Waals surface area contributed by atoms with Crippen LogP contribution in [0.3, 0.4) is 0 Å². The molecule has 0 aliphatic carbocycles. The minimum Gasteiger partial charge on any atom is -0.485 e. The molecule has 0 spiro atoms. The lowest BCUT2D eigenvalue weighted by atomic mass is 9.93. The van der Waals surface area contributed by atoms with E-state index in [-0.39, 0.29) is 24.4 Å². The number of esters is 1. The number of rotatable bonds is 8. The van der Waals surface area contributed by atoms with Gasteiger partial charge in [-0.1, -0.05) is 37.6 Å². The number of halogens is 2. The van der Waals surface area contributed by atoms with Gasteiger partial charge in [-0.2, -0.15) is 0 Å². The van der Waals surface area contributed by atoms with Gasteiger partial charge in [-0.3, -0.25) is 4.79 Å². The maximum Gasteiger partial charge on any atom is 0.323 e. The Kier molecular flexibility index (Phi) is 10.3. The Morgan fingerprint density at radius 3 is 2.26 bits per heavy atom. The van der Waals surface area contributed by atoms with Crippen molar-refractivity contribution in [3.8, 4) is 5.75 Å². The molecule has 0 bridgehead atoms. The summed E-state index contributed by atoms with van der Waals surface area (Å²) in [5, 5.41) is 0.546. The fourth-order valence-corrected chi connectivity index (χ4v) is 2.55. The van der Waals surface area contributed by atoms with E-state index in [1.807, 2.05) is 25.1 Å². The fourth-order valence-electron chi connectivity index (χ4n) is 2.37. The first kappa shape index (κ1) is 22.0. The lowest BCUT2D eigenvalue weighted by Gasteiger charge is -2.31. The van der Waals surface area contributed by atoms with Crippen LogP contribution in [0.2, 0.25) is 5.02 Å². The van der Waals surface area contributed by atoms with E-state index in [0.29, 0.717) is 10.8 Å². The molecule has 0 radical (unpaired) electrons. The van der Waals surface area contributed by atoms with Gasteiger partial charge >= 0.3 is 5.97 Å². The van der Waals surface area contributed by atoms with Gasteiger partial charge in [0, 0.05) is 0 Å². The molecule has 2 N–H and O–H groups in total. The topological polar surface area (TPSA) is 61.5 Å². The van der Waals surface area contributed by atoms with Crippen LogP contribution in [0.1, 0.15) is 40.5 Å². The van der Waals surface area contributed by atoms with Gasteiger partial charge in [-0.05, 0) is 44.7 Å². The number of carbonyl (C=O) groups is 1. The molecule has 0 amide bonds. The van der Waals surface area contributed by atoms with E-state index in [1.165, 1.54) is 0 Å². The molecule has 6 heteroatoms. The van der Waals surface area contributed by atoms with Crippen molar-refractivity contribution in [2.75, 3.05) is 0 Å². The number of benzene rings is 1. The summed E-state index contributed by atoms with van der Waals surface area (Å²) in [5.41, 5.74) is 5.57. The summed E-state index contributed by atoms with van der Waals surface area (Å²) in [6, 6.07) is 6.66. The summed E-state index contributed by atoms with van der Waals surface area (Å²) in [4.78, 5) is 11.7. The highest BCUT2D eigenvalue weighted by Crippen LogP contribution is 2.29. The Balaban J connectivity index is 0.00000484. The van der Waals surface area contributed by atoms with E-state index < -0.39 is 18.1 Å². The normalized spacial score (nSPS) is 14.6. The number of hydrogen-bond donors (Lipinski definition) is 1. The van der Waals surface area contributed by atoms with Gasteiger partial charge in [0.25, 0.3) is 0 Å². The van der Waals surface area contributed by atoms with Crippen LogP contribution in [0.4, 0.5) is 0 Å². The molecule has 0 heterocycles. The fraction of sp³-hybridized carbons (Fsp3) is 0.588. The molecule has 1 aromatic rings. The van der Waals surface area contributed by atoms with E-state index in [2.05, 4.69) is 13.8 Å². The number of para-hydroxylation sites is 1. The van der Waals surface area contributed by atoms with Crippen LogP contribution in [0.15, 0.2) is 24.3 Å². The highest BCUT2D eigenvalue weighted by Gasteiger charge is 2.30. The molecule has 0 aromatic heterocycles. The molecule has 23 heavy (non-hydrogen) atoms. The summed E-state index contributed by atoms with van der Waals surface area (Å²) in [7, 11) is 0. The van der Waals surface area contributed by atoms with E-state index >= 15 is 0 Å². The van der Waals surface area contributed by atoms with Crippen molar-refractivity contribution in [1.29, 1.82) is 0 Å². The monoisotopic (exact) mass is 363 g/mol. The van der Waals surface area contributed by atoms with Crippen LogP contribution in [0, 0.1) is 5.92 Å². The minimum atomic E-state index is -0.648. The number of hydrogen-bond acceptors (Lipinski definition) is 4. The summed E-state index contributed by atoms with van der Waals surface area (Å²) in [5.74, 6) is 0.433. The van der Waals surface area contributed by atoms with Crippen molar-refractivity contribution < 1.29 is 14.3 Å². The molecule has 132 valence electrons. The molecule has 0 aliphatic rings. The van der Waals surface area contributed by atoms with Gasteiger partial charge in [0.2, 0.25) is 0 Å². The molecule has 0 unspecified atom stereocenters. The largest absolute Gasteiger partial charge is 0.485 e. The van der Waals surface area contributed by atoms with Crippen LogP contribution < -0.4 is 10.5 Å². The SMILES string of the molecule is CCC(CC)[C@@H](Oc1ccccc1Cl)[C@H](C)OC(=O)[C@H](C)N.Cl. The summed E-state index contributed by atoms with van der Waals surface area (Å²) >= 11 is 6.17. The average Bonchev–Trinajstić information content (AvgIpc) is 2.49.